The minimum absolute atomic E-state index is 0.314. The monoisotopic (exact) mass is 494 g/mol. The van der Waals surface area contributed by atoms with E-state index in [0.717, 1.165) is 38.2 Å². The molecule has 7 heteroatoms. The zero-order chi connectivity index (χ0) is 18.5. The largest absolute Gasteiger partial charge is 0.486 e. The number of thiocarbonyl (C=S) groups is 1. The van der Waals surface area contributed by atoms with Crippen LogP contribution in [0.5, 0.6) is 5.75 Å². The Hall–Kier alpha value is -1.46. The number of morpholine rings is 1. The molecule has 1 aliphatic heterocycles. The molecule has 4 nitrogen and oxygen atoms in total. The van der Waals surface area contributed by atoms with Crippen molar-refractivity contribution in [1.82, 2.24) is 4.90 Å². The van der Waals surface area contributed by atoms with E-state index in [0.29, 0.717) is 31.1 Å². The van der Waals surface area contributed by atoms with Gasteiger partial charge < -0.3 is 14.4 Å². The van der Waals surface area contributed by atoms with Gasteiger partial charge in [-0.3, -0.25) is 0 Å². The Balaban J connectivity index is 1.77. The lowest BCUT2D eigenvalue weighted by Gasteiger charge is -2.29. The summed E-state index contributed by atoms with van der Waals surface area (Å²) in [6.07, 6.45) is 0. The first-order valence-corrected chi connectivity index (χ1v) is 10.1. The van der Waals surface area contributed by atoms with Gasteiger partial charge in [0.05, 0.1) is 33.8 Å². The summed E-state index contributed by atoms with van der Waals surface area (Å²) in [7, 11) is 0. The molecule has 0 spiro atoms. The third-order valence-corrected chi connectivity index (χ3v) is 5.73. The van der Waals surface area contributed by atoms with Gasteiger partial charge >= 0.3 is 0 Å². The molecule has 134 valence electrons. The van der Waals surface area contributed by atoms with Gasteiger partial charge in [0.2, 0.25) is 0 Å². The average molecular weight is 496 g/mol. The highest BCUT2D eigenvalue weighted by Gasteiger charge is 2.18. The lowest BCUT2D eigenvalue weighted by atomic mass is 10.1. The second-order valence-electron chi connectivity index (χ2n) is 5.73. The van der Waals surface area contributed by atoms with Crippen LogP contribution in [0.25, 0.3) is 0 Å². The van der Waals surface area contributed by atoms with E-state index in [1.807, 2.05) is 30.3 Å². The fourth-order valence-corrected chi connectivity index (χ4v) is 4.39. The normalized spacial score (nSPS) is 14.0. The summed E-state index contributed by atoms with van der Waals surface area (Å²) in [6.45, 7) is 3.31. The molecule has 0 atom stereocenters. The molecule has 0 aliphatic carbocycles. The zero-order valence-electron chi connectivity index (χ0n) is 13.9. The molecule has 2 aromatic rings. The minimum Gasteiger partial charge on any atom is -0.486 e. The van der Waals surface area contributed by atoms with Crippen LogP contribution in [0.3, 0.4) is 0 Å². The van der Waals surface area contributed by atoms with Crippen LogP contribution < -0.4 is 4.74 Å². The van der Waals surface area contributed by atoms with Crippen LogP contribution in [0.2, 0.25) is 0 Å². The van der Waals surface area contributed by atoms with Crippen molar-refractivity contribution in [3.05, 3.63) is 62.0 Å². The van der Waals surface area contributed by atoms with Gasteiger partial charge in [-0.05, 0) is 50.1 Å². The van der Waals surface area contributed by atoms with E-state index in [1.165, 1.54) is 0 Å². The summed E-state index contributed by atoms with van der Waals surface area (Å²) in [5.41, 5.74) is 2.41. The standard InChI is InChI=1S/C19H16Br2N2O2S/c20-16-9-15(19(26)23-5-7-24-8-6-23)10-17(21)18(16)25-12-14-4-2-1-3-13(14)11-22/h1-4,9-10H,5-8,12H2. The molecule has 0 saturated carbocycles. The minimum atomic E-state index is 0.314. The second-order valence-corrected chi connectivity index (χ2v) is 7.83. The Bertz CT molecular complexity index is 838. The SMILES string of the molecule is N#Cc1ccccc1COc1c(Br)cc(C(=S)N2CCOCC2)cc1Br. The molecule has 26 heavy (non-hydrogen) atoms. The quantitative estimate of drug-likeness (QED) is 0.576. The number of hydrogen-bond acceptors (Lipinski definition) is 4. The summed E-state index contributed by atoms with van der Waals surface area (Å²) in [6, 6.07) is 13.5. The molecule has 0 amide bonds. The predicted molar refractivity (Wildman–Crippen MR) is 111 cm³/mol. The van der Waals surface area contributed by atoms with Crippen LogP contribution >= 0.6 is 44.1 Å². The number of nitriles is 1. The molecule has 1 aliphatic rings. The van der Waals surface area contributed by atoms with E-state index in [9.17, 15) is 5.26 Å². The maximum Gasteiger partial charge on any atom is 0.148 e. The van der Waals surface area contributed by atoms with Crippen molar-refractivity contribution in [2.75, 3.05) is 26.3 Å². The number of hydrogen-bond donors (Lipinski definition) is 0. The lowest BCUT2D eigenvalue weighted by Crippen LogP contribution is -2.40. The van der Waals surface area contributed by atoms with Gasteiger partial charge in [-0.15, -0.1) is 0 Å². The molecule has 0 unspecified atom stereocenters. The topological polar surface area (TPSA) is 45.5 Å². The number of halogens is 2. The third-order valence-electron chi connectivity index (χ3n) is 4.05. The van der Waals surface area contributed by atoms with E-state index in [1.54, 1.807) is 6.07 Å². The highest BCUT2D eigenvalue weighted by molar-refractivity contribution is 9.11. The Morgan fingerprint density at radius 1 is 1.19 bits per heavy atom. The molecule has 2 aromatic carbocycles. The molecule has 1 fully saturated rings. The van der Waals surface area contributed by atoms with E-state index in [4.69, 9.17) is 21.7 Å². The van der Waals surface area contributed by atoms with Gasteiger partial charge in [-0.1, -0.05) is 30.4 Å². The smallest absolute Gasteiger partial charge is 0.148 e. The summed E-state index contributed by atoms with van der Waals surface area (Å²) < 4.78 is 13.0. The highest BCUT2D eigenvalue weighted by Crippen LogP contribution is 2.36. The zero-order valence-corrected chi connectivity index (χ0v) is 17.9. The molecular formula is C19H16Br2N2O2S. The van der Waals surface area contributed by atoms with Crippen LogP contribution in [0.4, 0.5) is 0 Å². The first-order valence-electron chi connectivity index (χ1n) is 8.07. The maximum absolute atomic E-state index is 9.19. The molecule has 1 saturated heterocycles. The number of rotatable bonds is 4. The van der Waals surface area contributed by atoms with E-state index in [2.05, 4.69) is 42.8 Å². The maximum atomic E-state index is 9.19. The molecule has 0 N–H and O–H groups in total. The molecular weight excluding hydrogens is 480 g/mol. The fourth-order valence-electron chi connectivity index (χ4n) is 2.68. The van der Waals surface area contributed by atoms with Crippen molar-refractivity contribution < 1.29 is 9.47 Å². The van der Waals surface area contributed by atoms with Crippen molar-refractivity contribution in [2.45, 2.75) is 6.61 Å². The second kappa shape index (κ2) is 8.96. The Labute approximate surface area is 175 Å². The predicted octanol–water partition coefficient (Wildman–Crippen LogP) is 4.67. The Morgan fingerprint density at radius 2 is 1.85 bits per heavy atom. The van der Waals surface area contributed by atoms with Gasteiger partial charge in [0.1, 0.15) is 17.3 Å². The van der Waals surface area contributed by atoms with Gasteiger partial charge in [-0.2, -0.15) is 5.26 Å². The van der Waals surface area contributed by atoms with E-state index in [-0.39, 0.29) is 0 Å². The van der Waals surface area contributed by atoms with Crippen LogP contribution in [-0.2, 0) is 11.3 Å². The summed E-state index contributed by atoms with van der Waals surface area (Å²) in [5, 5.41) is 9.19. The number of nitrogens with zero attached hydrogens (tertiary/aromatic N) is 2. The molecule has 3 rings (SSSR count). The van der Waals surface area contributed by atoms with Gasteiger partial charge in [0, 0.05) is 24.2 Å². The van der Waals surface area contributed by atoms with Crippen molar-refractivity contribution >= 4 is 49.1 Å². The highest BCUT2D eigenvalue weighted by atomic mass is 79.9. The summed E-state index contributed by atoms with van der Waals surface area (Å²) >= 11 is 12.8. The molecule has 0 aromatic heterocycles. The van der Waals surface area contributed by atoms with Crippen molar-refractivity contribution in [2.24, 2.45) is 0 Å². The average Bonchev–Trinajstić information content (AvgIpc) is 2.67. The fraction of sp³-hybridized carbons (Fsp3) is 0.263. The summed E-state index contributed by atoms with van der Waals surface area (Å²) in [4.78, 5) is 2.95. The first kappa shape index (κ1) is 19.3. The third kappa shape index (κ3) is 4.44. The Kier molecular flexibility index (Phi) is 6.65. The van der Waals surface area contributed by atoms with Crippen molar-refractivity contribution in [3.63, 3.8) is 0 Å². The molecule has 0 radical (unpaired) electrons. The van der Waals surface area contributed by atoms with Crippen LogP contribution in [0, 0.1) is 11.3 Å². The number of ether oxygens (including phenoxy) is 2. The van der Waals surface area contributed by atoms with Crippen LogP contribution in [-0.4, -0.2) is 36.2 Å². The van der Waals surface area contributed by atoms with E-state index < -0.39 is 0 Å². The van der Waals surface area contributed by atoms with Gasteiger partial charge in [0.25, 0.3) is 0 Å². The Morgan fingerprint density at radius 3 is 2.50 bits per heavy atom. The van der Waals surface area contributed by atoms with Crippen LogP contribution in [0.15, 0.2) is 45.3 Å². The molecule has 1 heterocycles. The van der Waals surface area contributed by atoms with Gasteiger partial charge in [0.15, 0.2) is 0 Å². The lowest BCUT2D eigenvalue weighted by molar-refractivity contribution is 0.0693. The number of benzene rings is 2. The summed E-state index contributed by atoms with van der Waals surface area (Å²) in [5.74, 6) is 0.686. The van der Waals surface area contributed by atoms with Gasteiger partial charge in [-0.25, -0.2) is 0 Å². The molecule has 0 bridgehead atoms. The van der Waals surface area contributed by atoms with Crippen molar-refractivity contribution in [1.29, 1.82) is 5.26 Å². The van der Waals surface area contributed by atoms with Crippen molar-refractivity contribution in [3.8, 4) is 11.8 Å². The van der Waals surface area contributed by atoms with E-state index >= 15 is 0 Å². The van der Waals surface area contributed by atoms with Crippen LogP contribution in [0.1, 0.15) is 16.7 Å². The first-order chi connectivity index (χ1) is 12.6.